The normalized spacial score (nSPS) is 9.10. The second-order valence-corrected chi connectivity index (χ2v) is 20.7. The molecule has 0 amide bonds. The van der Waals surface area contributed by atoms with Crippen LogP contribution >= 0.6 is 0 Å². The quantitative estimate of drug-likeness (QED) is 0.258. The average Bonchev–Trinajstić information content (AvgIpc) is 3.18. The van der Waals surface area contributed by atoms with Crippen molar-refractivity contribution in [3.05, 3.63) is 0 Å². The topological polar surface area (TPSA) is 0 Å². The Morgan fingerprint density at radius 2 is 0.367 bits per heavy atom. The summed E-state index contributed by atoms with van der Waals surface area (Å²) in [6.07, 6.45) is 13.0. The number of hydrogen-bond acceptors (Lipinski definition) is 0. The molecule has 0 fully saturated rings. The third-order valence-electron chi connectivity index (χ3n) is 6.71. The summed E-state index contributed by atoms with van der Waals surface area (Å²) in [5.41, 5.74) is 2.12. The van der Waals surface area contributed by atoms with E-state index in [0.717, 1.165) is 23.7 Å². The van der Waals surface area contributed by atoms with Crippen molar-refractivity contribution in [1.82, 2.24) is 0 Å². The van der Waals surface area contributed by atoms with Crippen molar-refractivity contribution in [3.8, 4) is 0 Å². The van der Waals surface area contributed by atoms with E-state index in [9.17, 15) is 0 Å². The molecule has 0 N–H and O–H groups in total. The maximum absolute atomic E-state index is 2.28. The molecule has 0 bridgehead atoms. The van der Waals surface area contributed by atoms with Crippen LogP contribution < -0.4 is 0 Å². The molecule has 0 radical (unpaired) electrons. The molecule has 0 aromatic rings. The molecule has 0 spiro atoms. The highest BCUT2D eigenvalue weighted by atomic mass is 14.1. The summed E-state index contributed by atoms with van der Waals surface area (Å²) >= 11 is 0. The molecule has 0 aliphatic carbocycles. The van der Waals surface area contributed by atoms with Gasteiger partial charge in [0.15, 0.2) is 0 Å². The Morgan fingerprint density at radius 3 is 0.367 bits per heavy atom. The van der Waals surface area contributed by atoms with E-state index in [-0.39, 0.29) is 0 Å². The van der Waals surface area contributed by atoms with Crippen LogP contribution in [0.4, 0.5) is 0 Å². The molecule has 0 atom stereocenters. The van der Waals surface area contributed by atoms with Gasteiger partial charge in [-0.3, -0.25) is 0 Å². The first-order valence-electron chi connectivity index (χ1n) is 27.1. The second-order valence-electron chi connectivity index (χ2n) is 20.7. The molecule has 0 aliphatic rings. The van der Waals surface area contributed by atoms with Crippen molar-refractivity contribution >= 4 is 0 Å². The van der Waals surface area contributed by atoms with Gasteiger partial charge in [-0.05, 0) is 45.3 Å². The largest absolute Gasteiger partial charge is 0.0683 e. The van der Waals surface area contributed by atoms with E-state index in [1.54, 1.807) is 0 Å². The molecular weight excluding hydrogens is 721 g/mol. The lowest BCUT2D eigenvalue weighted by Crippen LogP contribution is -2.00. The van der Waals surface area contributed by atoms with E-state index in [1.165, 1.54) is 64.2 Å². The Labute approximate surface area is 398 Å². The lowest BCUT2D eigenvalue weighted by molar-refractivity contribution is 0.397. The third kappa shape index (κ3) is 582. The predicted molar refractivity (Wildman–Crippen MR) is 308 cm³/mol. The van der Waals surface area contributed by atoms with Crippen LogP contribution in [0.15, 0.2) is 0 Å². The Hall–Kier alpha value is 0. The van der Waals surface area contributed by atoms with Gasteiger partial charge in [-0.1, -0.05) is 355 Å². The van der Waals surface area contributed by atoms with E-state index in [0.29, 0.717) is 21.7 Å². The molecule has 0 nitrogen and oxygen atoms in total. The number of rotatable bonds is 5. The van der Waals surface area contributed by atoms with E-state index in [4.69, 9.17) is 0 Å². The van der Waals surface area contributed by atoms with Gasteiger partial charge in [-0.15, -0.1) is 0 Å². The summed E-state index contributed by atoms with van der Waals surface area (Å²) in [5, 5.41) is 0. The number of unbranched alkanes of at least 4 members (excludes halogenated alkanes) is 1. The van der Waals surface area contributed by atoms with Gasteiger partial charge >= 0.3 is 0 Å². The van der Waals surface area contributed by atoms with Gasteiger partial charge in [0.1, 0.15) is 0 Å². The standard InChI is InChI=1S/4C6H14.3C5H12.2C4H10.C3H8.5C2H6/c3*1-5-6(2,3)4;1-4-6(3)5-2;1-5(2,3)4;2*1-4-5(2)3;1-4(2)3;1-3-4-2;1-3-2;5*1-2/h3*5H2,1-4H3;6H,4-5H2,1-3H3;1-4H3;2*5H,4H2,1-3H3;4H,1-3H3;3-4H2,1-2H3;3H2,1-2H3;5*1-2H3. The third-order valence-corrected chi connectivity index (χ3v) is 6.71. The summed E-state index contributed by atoms with van der Waals surface area (Å²) in [4.78, 5) is 0. The summed E-state index contributed by atoms with van der Waals surface area (Å²) in [5.74, 6) is 3.54. The van der Waals surface area contributed by atoms with Gasteiger partial charge in [0.25, 0.3) is 0 Å². The van der Waals surface area contributed by atoms with Crippen LogP contribution in [0.2, 0.25) is 0 Å². The number of hydrogen-bond donors (Lipinski definition) is 0. The Morgan fingerprint density at radius 1 is 0.283 bits per heavy atom. The molecule has 0 aromatic carbocycles. The van der Waals surface area contributed by atoms with Crippen LogP contribution in [0.25, 0.3) is 0 Å². The SMILES string of the molecule is CC.CC.CC.CC.CC.CC(C)(C)C.CC(C)C.CCC.CCC(C)(C)C.CCC(C)(C)C.CCC(C)(C)C.CCC(C)C.CCC(C)C.CCC(C)CC.CCCC. The highest BCUT2D eigenvalue weighted by molar-refractivity contribution is 4.56. The molecule has 0 unspecified atom stereocenters. The summed E-state index contributed by atoms with van der Waals surface area (Å²) in [6, 6.07) is 0. The molecule has 0 heteroatoms. The minimum absolute atomic E-state index is 0.500. The maximum Gasteiger partial charge on any atom is -0.0385 e. The van der Waals surface area contributed by atoms with Gasteiger partial charge in [0.05, 0.1) is 0 Å². The second kappa shape index (κ2) is 93.8. The van der Waals surface area contributed by atoms with Gasteiger partial charge < -0.3 is 0 Å². The van der Waals surface area contributed by atoms with Crippen molar-refractivity contribution in [2.45, 2.75) is 355 Å². The minimum Gasteiger partial charge on any atom is -0.0683 e. The lowest BCUT2D eigenvalue weighted by Gasteiger charge is -2.12. The molecule has 0 heterocycles. The monoisotopic (exact) mass is 871 g/mol. The van der Waals surface area contributed by atoms with Crippen molar-refractivity contribution in [2.75, 3.05) is 0 Å². The summed E-state index contributed by atoms with van der Waals surface area (Å²) in [7, 11) is 0. The average molecular weight is 872 g/mol. The maximum atomic E-state index is 2.28. The molecule has 0 saturated carbocycles. The first kappa shape index (κ1) is 103. The van der Waals surface area contributed by atoms with Crippen LogP contribution in [0, 0.1) is 45.3 Å². The van der Waals surface area contributed by atoms with Crippen LogP contribution in [0.1, 0.15) is 355 Å². The molecule has 0 aromatic heterocycles. The predicted octanol–water partition coefficient (Wildman–Crippen LogP) is 25.9. The summed E-state index contributed by atoms with van der Waals surface area (Å²) in [6.45, 7) is 90.7. The molecule has 0 saturated heterocycles. The van der Waals surface area contributed by atoms with Gasteiger partial charge in [0.2, 0.25) is 0 Å². The molecular formula is C60H150. The van der Waals surface area contributed by atoms with E-state index < -0.39 is 0 Å². The fourth-order valence-electron chi connectivity index (χ4n) is 0.289. The van der Waals surface area contributed by atoms with Crippen molar-refractivity contribution < 1.29 is 0 Å². The van der Waals surface area contributed by atoms with Crippen LogP contribution in [-0.4, -0.2) is 0 Å². The summed E-state index contributed by atoms with van der Waals surface area (Å²) < 4.78 is 0. The lowest BCUT2D eigenvalue weighted by atomic mass is 9.94. The Bertz CT molecular complexity index is 408. The van der Waals surface area contributed by atoms with Crippen LogP contribution in [0.5, 0.6) is 0 Å². The zero-order chi connectivity index (χ0) is 53.4. The van der Waals surface area contributed by atoms with Gasteiger partial charge in [-0.2, -0.15) is 0 Å². The first-order valence-corrected chi connectivity index (χ1v) is 27.1. The molecule has 0 rings (SSSR count). The minimum atomic E-state index is 0.500. The zero-order valence-electron chi connectivity index (χ0n) is 53.4. The molecule has 0 aliphatic heterocycles. The first-order chi connectivity index (χ1) is 27.1. The van der Waals surface area contributed by atoms with Crippen molar-refractivity contribution in [1.29, 1.82) is 0 Å². The smallest absolute Gasteiger partial charge is 0.0385 e. The fourth-order valence-corrected chi connectivity index (χ4v) is 0.289. The van der Waals surface area contributed by atoms with E-state index >= 15 is 0 Å². The molecule has 60 heavy (non-hydrogen) atoms. The van der Waals surface area contributed by atoms with Crippen molar-refractivity contribution in [2.24, 2.45) is 45.3 Å². The molecule has 390 valence electrons. The van der Waals surface area contributed by atoms with E-state index in [1.807, 2.05) is 69.2 Å². The van der Waals surface area contributed by atoms with Gasteiger partial charge in [0, 0.05) is 0 Å². The fraction of sp³-hybridized carbons (Fsp3) is 1.00. The van der Waals surface area contributed by atoms with Crippen LogP contribution in [-0.2, 0) is 0 Å². The Kier molecular flexibility index (Phi) is 161. The van der Waals surface area contributed by atoms with E-state index in [2.05, 4.69) is 222 Å². The van der Waals surface area contributed by atoms with Crippen molar-refractivity contribution in [3.63, 3.8) is 0 Å². The highest BCUT2D eigenvalue weighted by Crippen LogP contribution is 2.17. The van der Waals surface area contributed by atoms with Gasteiger partial charge in [-0.25, -0.2) is 0 Å². The van der Waals surface area contributed by atoms with Crippen LogP contribution in [0.3, 0.4) is 0 Å². The highest BCUT2D eigenvalue weighted by Gasteiger charge is 2.04. The Balaban J connectivity index is -0.0000000283. The zero-order valence-corrected chi connectivity index (χ0v) is 53.4.